The minimum atomic E-state index is -0.115. The first kappa shape index (κ1) is 14.3. The number of hydrogen-bond acceptors (Lipinski definition) is 2. The van der Waals surface area contributed by atoms with Crippen LogP contribution in [-0.4, -0.2) is 18.9 Å². The average molecular weight is 272 g/mol. The number of hydrogen-bond donors (Lipinski definition) is 2. The lowest BCUT2D eigenvalue weighted by molar-refractivity contribution is -0.125. The molecule has 2 rings (SSSR count). The molecule has 0 aliphatic heterocycles. The standard InChI is InChI=1S/C16H20N2O2/c1-17-15(19)14-9-5-6-12(10-14)11-18-16(20)13-7-3-2-4-8-13/h2-3,5-6,9-10,13H,4,7-8,11H2,1H3,(H,17,19)(H,18,20). The molecule has 4 heteroatoms. The molecule has 0 heterocycles. The van der Waals surface area contributed by atoms with Gasteiger partial charge in [-0.15, -0.1) is 0 Å². The lowest BCUT2D eigenvalue weighted by Crippen LogP contribution is -2.30. The van der Waals surface area contributed by atoms with Crippen LogP contribution in [0.1, 0.15) is 35.2 Å². The highest BCUT2D eigenvalue weighted by molar-refractivity contribution is 5.94. The van der Waals surface area contributed by atoms with Gasteiger partial charge in [0, 0.05) is 25.1 Å². The van der Waals surface area contributed by atoms with Crippen molar-refractivity contribution in [1.82, 2.24) is 10.6 Å². The third kappa shape index (κ3) is 3.70. The molecule has 0 bridgehead atoms. The fraction of sp³-hybridized carbons (Fsp3) is 0.375. The van der Waals surface area contributed by atoms with Crippen LogP contribution in [0.25, 0.3) is 0 Å². The molecule has 1 aromatic carbocycles. The van der Waals surface area contributed by atoms with Crippen molar-refractivity contribution in [2.24, 2.45) is 5.92 Å². The SMILES string of the molecule is CNC(=O)c1cccc(CNC(=O)C2CC=CCC2)c1. The molecular weight excluding hydrogens is 252 g/mol. The Morgan fingerprint density at radius 1 is 1.30 bits per heavy atom. The van der Waals surface area contributed by atoms with Gasteiger partial charge in [0.25, 0.3) is 5.91 Å². The quantitative estimate of drug-likeness (QED) is 0.824. The van der Waals surface area contributed by atoms with E-state index in [1.807, 2.05) is 12.1 Å². The minimum absolute atomic E-state index is 0.0853. The van der Waals surface area contributed by atoms with Crippen LogP contribution in [0.2, 0.25) is 0 Å². The predicted octanol–water partition coefficient (Wildman–Crippen LogP) is 2.02. The highest BCUT2D eigenvalue weighted by Crippen LogP contribution is 2.18. The van der Waals surface area contributed by atoms with E-state index in [-0.39, 0.29) is 17.7 Å². The molecule has 2 amide bonds. The third-order valence-electron chi connectivity index (χ3n) is 3.52. The largest absolute Gasteiger partial charge is 0.355 e. The van der Waals surface area contributed by atoms with Gasteiger partial charge in [0.15, 0.2) is 0 Å². The second kappa shape index (κ2) is 6.89. The average Bonchev–Trinajstić information content (AvgIpc) is 2.53. The van der Waals surface area contributed by atoms with Crippen molar-refractivity contribution >= 4 is 11.8 Å². The van der Waals surface area contributed by atoms with Crippen molar-refractivity contribution in [2.45, 2.75) is 25.8 Å². The Labute approximate surface area is 119 Å². The number of allylic oxidation sites excluding steroid dienone is 2. The summed E-state index contributed by atoms with van der Waals surface area (Å²) in [6.07, 6.45) is 6.91. The zero-order valence-corrected chi connectivity index (χ0v) is 11.7. The summed E-state index contributed by atoms with van der Waals surface area (Å²) in [6.45, 7) is 0.462. The molecule has 0 fully saturated rings. The van der Waals surface area contributed by atoms with Gasteiger partial charge in [0.2, 0.25) is 5.91 Å². The highest BCUT2D eigenvalue weighted by Gasteiger charge is 2.18. The van der Waals surface area contributed by atoms with Gasteiger partial charge in [-0.2, -0.15) is 0 Å². The summed E-state index contributed by atoms with van der Waals surface area (Å²) >= 11 is 0. The second-order valence-corrected chi connectivity index (χ2v) is 4.98. The first-order chi connectivity index (χ1) is 9.70. The lowest BCUT2D eigenvalue weighted by Gasteiger charge is -2.17. The van der Waals surface area contributed by atoms with Gasteiger partial charge in [-0.05, 0) is 37.0 Å². The molecule has 0 spiro atoms. The van der Waals surface area contributed by atoms with E-state index >= 15 is 0 Å². The first-order valence-corrected chi connectivity index (χ1v) is 6.94. The molecule has 0 saturated carbocycles. The van der Waals surface area contributed by atoms with Crippen LogP contribution in [0, 0.1) is 5.92 Å². The maximum Gasteiger partial charge on any atom is 0.251 e. The fourth-order valence-corrected chi connectivity index (χ4v) is 2.33. The summed E-state index contributed by atoms with van der Waals surface area (Å²) in [5, 5.41) is 5.54. The van der Waals surface area contributed by atoms with Gasteiger partial charge in [-0.25, -0.2) is 0 Å². The Morgan fingerprint density at radius 3 is 2.85 bits per heavy atom. The van der Waals surface area contributed by atoms with E-state index in [1.54, 1.807) is 19.2 Å². The number of carbonyl (C=O) groups is 2. The molecule has 4 nitrogen and oxygen atoms in total. The normalized spacial score (nSPS) is 17.6. The molecule has 1 aromatic rings. The molecule has 0 aromatic heterocycles. The van der Waals surface area contributed by atoms with Crippen LogP contribution in [-0.2, 0) is 11.3 Å². The molecule has 1 aliphatic carbocycles. The first-order valence-electron chi connectivity index (χ1n) is 6.94. The zero-order valence-electron chi connectivity index (χ0n) is 11.7. The Balaban J connectivity index is 1.91. The number of amides is 2. The van der Waals surface area contributed by atoms with E-state index in [4.69, 9.17) is 0 Å². The molecule has 0 radical (unpaired) electrons. The van der Waals surface area contributed by atoms with E-state index in [1.165, 1.54) is 0 Å². The van der Waals surface area contributed by atoms with E-state index in [9.17, 15) is 9.59 Å². The maximum absolute atomic E-state index is 12.0. The van der Waals surface area contributed by atoms with Crippen LogP contribution >= 0.6 is 0 Å². The highest BCUT2D eigenvalue weighted by atomic mass is 16.2. The predicted molar refractivity (Wildman–Crippen MR) is 78.2 cm³/mol. The summed E-state index contributed by atoms with van der Waals surface area (Å²) in [5.41, 5.74) is 1.55. The monoisotopic (exact) mass is 272 g/mol. The van der Waals surface area contributed by atoms with Crippen molar-refractivity contribution in [3.63, 3.8) is 0 Å². The van der Waals surface area contributed by atoms with E-state index in [2.05, 4.69) is 22.8 Å². The van der Waals surface area contributed by atoms with Crippen molar-refractivity contribution < 1.29 is 9.59 Å². The van der Waals surface area contributed by atoms with Crippen molar-refractivity contribution in [3.05, 3.63) is 47.5 Å². The smallest absolute Gasteiger partial charge is 0.251 e. The topological polar surface area (TPSA) is 58.2 Å². The van der Waals surface area contributed by atoms with Crippen molar-refractivity contribution in [1.29, 1.82) is 0 Å². The van der Waals surface area contributed by atoms with Crippen molar-refractivity contribution in [3.8, 4) is 0 Å². The lowest BCUT2D eigenvalue weighted by atomic mass is 9.93. The summed E-state index contributed by atoms with van der Waals surface area (Å²) < 4.78 is 0. The third-order valence-corrected chi connectivity index (χ3v) is 3.52. The van der Waals surface area contributed by atoms with E-state index < -0.39 is 0 Å². The van der Waals surface area contributed by atoms with E-state index in [0.29, 0.717) is 12.1 Å². The van der Waals surface area contributed by atoms with Gasteiger partial charge in [-0.3, -0.25) is 9.59 Å². The number of carbonyl (C=O) groups excluding carboxylic acids is 2. The van der Waals surface area contributed by atoms with Gasteiger partial charge in [0.05, 0.1) is 0 Å². The minimum Gasteiger partial charge on any atom is -0.355 e. The van der Waals surface area contributed by atoms with Gasteiger partial charge in [-0.1, -0.05) is 24.3 Å². The summed E-state index contributed by atoms with van der Waals surface area (Å²) in [6, 6.07) is 7.30. The Hall–Kier alpha value is -2.10. The Morgan fingerprint density at radius 2 is 2.15 bits per heavy atom. The molecule has 1 atom stereocenters. The molecule has 1 unspecified atom stereocenters. The summed E-state index contributed by atoms with van der Waals surface area (Å²) in [4.78, 5) is 23.6. The van der Waals surface area contributed by atoms with Gasteiger partial charge < -0.3 is 10.6 Å². The van der Waals surface area contributed by atoms with Crippen LogP contribution in [0.5, 0.6) is 0 Å². The van der Waals surface area contributed by atoms with E-state index in [0.717, 1.165) is 24.8 Å². The van der Waals surface area contributed by atoms with Crippen LogP contribution in [0.4, 0.5) is 0 Å². The fourth-order valence-electron chi connectivity index (χ4n) is 2.33. The van der Waals surface area contributed by atoms with Gasteiger partial charge in [0.1, 0.15) is 0 Å². The Bertz CT molecular complexity index is 523. The zero-order chi connectivity index (χ0) is 14.4. The molecule has 0 saturated heterocycles. The van der Waals surface area contributed by atoms with Gasteiger partial charge >= 0.3 is 0 Å². The Kier molecular flexibility index (Phi) is 4.93. The van der Waals surface area contributed by atoms with Crippen LogP contribution < -0.4 is 10.6 Å². The number of nitrogens with one attached hydrogen (secondary N) is 2. The number of rotatable bonds is 4. The molecule has 106 valence electrons. The molecule has 1 aliphatic rings. The number of benzene rings is 1. The maximum atomic E-state index is 12.0. The molecule has 2 N–H and O–H groups in total. The molecular formula is C16H20N2O2. The second-order valence-electron chi connectivity index (χ2n) is 4.98. The molecule has 20 heavy (non-hydrogen) atoms. The summed E-state index contributed by atoms with van der Waals surface area (Å²) in [7, 11) is 1.60. The van der Waals surface area contributed by atoms with Crippen LogP contribution in [0.15, 0.2) is 36.4 Å². The van der Waals surface area contributed by atoms with Crippen molar-refractivity contribution in [2.75, 3.05) is 7.05 Å². The van der Waals surface area contributed by atoms with Crippen LogP contribution in [0.3, 0.4) is 0 Å². The summed E-state index contributed by atoms with van der Waals surface area (Å²) in [5.74, 6) is 0.0670.